The first kappa shape index (κ1) is 22.1. The van der Waals surface area contributed by atoms with Gasteiger partial charge in [-0.05, 0) is 55.7 Å². The van der Waals surface area contributed by atoms with Crippen LogP contribution in [-0.2, 0) is 13.0 Å². The molecule has 2 aliphatic heterocycles. The van der Waals surface area contributed by atoms with Gasteiger partial charge in [0.25, 0.3) is 5.91 Å². The normalized spacial score (nSPS) is 15.6. The summed E-state index contributed by atoms with van der Waals surface area (Å²) in [5, 5.41) is 0. The van der Waals surface area contributed by atoms with Gasteiger partial charge in [0.2, 0.25) is 11.8 Å². The molecule has 1 amide bonds. The average molecular weight is 463 g/mol. The quantitative estimate of drug-likeness (QED) is 0.552. The lowest BCUT2D eigenvalue weighted by atomic mass is 10.0. The Kier molecular flexibility index (Phi) is 6.29. The molecule has 2 aromatic carbocycles. The number of ether oxygens (including phenoxy) is 2. The minimum atomic E-state index is -0.334. The summed E-state index contributed by atoms with van der Waals surface area (Å²) < 4.78 is 25.0. The third kappa shape index (κ3) is 4.53. The van der Waals surface area contributed by atoms with Crippen molar-refractivity contribution in [3.63, 3.8) is 0 Å². The van der Waals surface area contributed by atoms with Gasteiger partial charge in [0.1, 0.15) is 17.3 Å². The Morgan fingerprint density at radius 1 is 0.971 bits per heavy atom. The van der Waals surface area contributed by atoms with Crippen LogP contribution in [0.5, 0.6) is 17.4 Å². The van der Waals surface area contributed by atoms with Gasteiger partial charge in [-0.3, -0.25) is 4.79 Å². The Balaban J connectivity index is 1.48. The number of methoxy groups -OCH3 is 1. The summed E-state index contributed by atoms with van der Waals surface area (Å²) in [6.07, 6.45) is 4.02. The van der Waals surface area contributed by atoms with Crippen molar-refractivity contribution in [1.29, 1.82) is 0 Å². The summed E-state index contributed by atoms with van der Waals surface area (Å²) in [5.74, 6) is 1.64. The summed E-state index contributed by atoms with van der Waals surface area (Å²) in [4.78, 5) is 26.9. The van der Waals surface area contributed by atoms with Crippen LogP contribution in [0.15, 0.2) is 48.5 Å². The van der Waals surface area contributed by atoms with Crippen LogP contribution in [0, 0.1) is 5.82 Å². The van der Waals surface area contributed by atoms with E-state index < -0.39 is 0 Å². The molecule has 8 heteroatoms. The van der Waals surface area contributed by atoms with Crippen molar-refractivity contribution in [2.24, 2.45) is 0 Å². The minimum Gasteiger partial charge on any atom is -0.496 e. The molecule has 176 valence electrons. The number of nitrogens with zero attached hydrogens (tertiary/aromatic N) is 4. The van der Waals surface area contributed by atoms with Crippen molar-refractivity contribution >= 4 is 11.9 Å². The predicted molar refractivity (Wildman–Crippen MR) is 126 cm³/mol. The zero-order chi connectivity index (χ0) is 23.5. The summed E-state index contributed by atoms with van der Waals surface area (Å²) in [5.41, 5.74) is 2.18. The Morgan fingerprint density at radius 3 is 2.50 bits per heavy atom. The Bertz CT molecular complexity index is 1180. The molecular weight excluding hydrogens is 435 g/mol. The Morgan fingerprint density at radius 2 is 1.74 bits per heavy atom. The molecule has 3 aromatic rings. The van der Waals surface area contributed by atoms with Crippen LogP contribution >= 0.6 is 0 Å². The molecule has 1 saturated heterocycles. The van der Waals surface area contributed by atoms with Crippen LogP contribution in [0.4, 0.5) is 10.3 Å². The van der Waals surface area contributed by atoms with Crippen molar-refractivity contribution in [2.75, 3.05) is 31.6 Å². The number of rotatable bonds is 5. The molecule has 1 aromatic heterocycles. The molecule has 0 atom stereocenters. The fourth-order valence-corrected chi connectivity index (χ4v) is 4.47. The number of piperidine rings is 1. The van der Waals surface area contributed by atoms with E-state index in [1.807, 2.05) is 12.1 Å². The lowest BCUT2D eigenvalue weighted by molar-refractivity contribution is 0.0728. The van der Waals surface area contributed by atoms with Gasteiger partial charge in [-0.25, -0.2) is 9.37 Å². The van der Waals surface area contributed by atoms with Crippen molar-refractivity contribution in [2.45, 2.75) is 32.2 Å². The number of amides is 1. The fraction of sp³-hybridized carbons (Fsp3) is 0.346. The summed E-state index contributed by atoms with van der Waals surface area (Å²) >= 11 is 0. The smallest absolute Gasteiger partial charge is 0.257 e. The average Bonchev–Trinajstić information content (AvgIpc) is 2.89. The maximum Gasteiger partial charge on any atom is 0.257 e. The Hall–Kier alpha value is -3.68. The molecule has 0 unspecified atom stereocenters. The highest BCUT2D eigenvalue weighted by Gasteiger charge is 2.29. The van der Waals surface area contributed by atoms with Gasteiger partial charge in [0.15, 0.2) is 0 Å². The van der Waals surface area contributed by atoms with E-state index in [1.54, 1.807) is 36.3 Å². The van der Waals surface area contributed by atoms with Crippen LogP contribution < -0.4 is 14.4 Å². The van der Waals surface area contributed by atoms with Gasteiger partial charge < -0.3 is 19.3 Å². The minimum absolute atomic E-state index is 0.115. The van der Waals surface area contributed by atoms with Gasteiger partial charge >= 0.3 is 0 Å². The van der Waals surface area contributed by atoms with Crippen molar-refractivity contribution in [3.05, 3.63) is 71.2 Å². The molecular formula is C26H27FN4O3. The maximum atomic E-state index is 13.4. The van der Waals surface area contributed by atoms with E-state index in [4.69, 9.17) is 19.4 Å². The van der Waals surface area contributed by atoms with Gasteiger partial charge in [-0.15, -0.1) is 0 Å². The molecule has 0 saturated carbocycles. The van der Waals surface area contributed by atoms with E-state index in [2.05, 4.69) is 4.90 Å². The van der Waals surface area contributed by atoms with Crippen LogP contribution in [0.2, 0.25) is 0 Å². The third-order valence-corrected chi connectivity index (χ3v) is 6.30. The maximum absolute atomic E-state index is 13.4. The second-order valence-electron chi connectivity index (χ2n) is 8.53. The van der Waals surface area contributed by atoms with Crippen molar-refractivity contribution < 1.29 is 18.7 Å². The Labute approximate surface area is 198 Å². The topological polar surface area (TPSA) is 67.8 Å². The molecule has 34 heavy (non-hydrogen) atoms. The van der Waals surface area contributed by atoms with Crippen LogP contribution in [-0.4, -0.2) is 47.5 Å². The number of anilines is 1. The summed E-state index contributed by atoms with van der Waals surface area (Å²) in [6.45, 7) is 2.68. The van der Waals surface area contributed by atoms with Gasteiger partial charge in [-0.2, -0.15) is 4.98 Å². The number of hydrogen-bond acceptors (Lipinski definition) is 6. The molecule has 0 spiro atoms. The van der Waals surface area contributed by atoms with Crippen LogP contribution in [0.1, 0.15) is 40.9 Å². The predicted octanol–water partition coefficient (Wildman–Crippen LogP) is 4.61. The largest absolute Gasteiger partial charge is 0.496 e. The number of fused-ring (bicyclic) bond motifs is 1. The standard InChI is InChI=1S/C26H27FN4O3/c1-33-23-8-4-3-7-20(23)25(32)31-16-13-22-21(17-31)24(34-19-11-9-18(27)10-12-19)29-26(28-22)30-14-5-2-6-15-30/h3-4,7-12H,2,5-6,13-17H2,1H3. The SMILES string of the molecule is COc1ccccc1C(=O)N1CCc2nc(N3CCCCC3)nc(Oc3ccc(F)cc3)c2C1. The lowest BCUT2D eigenvalue weighted by Crippen LogP contribution is -2.38. The van der Waals surface area contributed by atoms with Gasteiger partial charge in [0, 0.05) is 26.1 Å². The number of carbonyl (C=O) groups is 1. The van der Waals surface area contributed by atoms with E-state index in [1.165, 1.54) is 18.6 Å². The molecule has 2 aliphatic rings. The second-order valence-corrected chi connectivity index (χ2v) is 8.53. The molecule has 0 aliphatic carbocycles. The number of halogens is 1. The monoisotopic (exact) mass is 462 g/mol. The summed E-state index contributed by atoms with van der Waals surface area (Å²) in [6, 6.07) is 13.1. The van der Waals surface area contributed by atoms with Gasteiger partial charge in [-0.1, -0.05) is 12.1 Å². The second kappa shape index (κ2) is 9.67. The highest BCUT2D eigenvalue weighted by Crippen LogP contribution is 2.33. The van der Waals surface area contributed by atoms with Gasteiger partial charge in [0.05, 0.1) is 30.5 Å². The first-order valence-corrected chi connectivity index (χ1v) is 11.6. The molecule has 0 N–H and O–H groups in total. The first-order valence-electron chi connectivity index (χ1n) is 11.6. The number of hydrogen-bond donors (Lipinski definition) is 0. The van der Waals surface area contributed by atoms with E-state index in [9.17, 15) is 9.18 Å². The van der Waals surface area contributed by atoms with E-state index >= 15 is 0 Å². The number of carbonyl (C=O) groups excluding carboxylic acids is 1. The van der Waals surface area contributed by atoms with E-state index in [0.717, 1.165) is 37.2 Å². The lowest BCUT2D eigenvalue weighted by Gasteiger charge is -2.32. The number of aromatic nitrogens is 2. The fourth-order valence-electron chi connectivity index (χ4n) is 4.47. The van der Waals surface area contributed by atoms with Crippen molar-refractivity contribution in [3.8, 4) is 17.4 Å². The van der Waals surface area contributed by atoms with Crippen molar-refractivity contribution in [1.82, 2.24) is 14.9 Å². The molecule has 7 nitrogen and oxygen atoms in total. The van der Waals surface area contributed by atoms with Crippen LogP contribution in [0.3, 0.4) is 0 Å². The number of benzene rings is 2. The van der Waals surface area contributed by atoms with E-state index in [-0.39, 0.29) is 11.7 Å². The molecule has 5 rings (SSSR count). The molecule has 1 fully saturated rings. The first-order chi connectivity index (χ1) is 16.6. The highest BCUT2D eigenvalue weighted by atomic mass is 19.1. The molecule has 0 radical (unpaired) electrons. The zero-order valence-electron chi connectivity index (χ0n) is 19.2. The number of para-hydroxylation sites is 1. The van der Waals surface area contributed by atoms with E-state index in [0.29, 0.717) is 48.4 Å². The molecule has 0 bridgehead atoms. The highest BCUT2D eigenvalue weighted by molar-refractivity contribution is 5.97. The third-order valence-electron chi connectivity index (χ3n) is 6.30. The molecule has 3 heterocycles. The van der Waals surface area contributed by atoms with Crippen LogP contribution in [0.25, 0.3) is 0 Å². The zero-order valence-corrected chi connectivity index (χ0v) is 19.2. The summed E-state index contributed by atoms with van der Waals surface area (Å²) in [7, 11) is 1.56.